The highest BCUT2D eigenvalue weighted by Crippen LogP contribution is 2.35. The van der Waals surface area contributed by atoms with Gasteiger partial charge in [0.05, 0.1) is 0 Å². The van der Waals surface area contributed by atoms with Gasteiger partial charge in [-0.05, 0) is 42.4 Å². The number of hydrogen-bond acceptors (Lipinski definition) is 2. The predicted molar refractivity (Wildman–Crippen MR) is 63.5 cm³/mol. The molecule has 0 aromatic heterocycles. The Morgan fingerprint density at radius 2 is 1.75 bits per heavy atom. The van der Waals surface area contributed by atoms with Gasteiger partial charge in [0, 0.05) is 0 Å². The van der Waals surface area contributed by atoms with Crippen molar-refractivity contribution >= 4 is 6.47 Å². The van der Waals surface area contributed by atoms with E-state index in [1.165, 1.54) is 31.2 Å². The van der Waals surface area contributed by atoms with Crippen molar-refractivity contribution in [2.24, 2.45) is 5.92 Å². The van der Waals surface area contributed by atoms with Crippen LogP contribution in [0.15, 0.2) is 24.3 Å². The Labute approximate surface area is 96.6 Å². The van der Waals surface area contributed by atoms with E-state index in [4.69, 9.17) is 4.74 Å². The highest BCUT2D eigenvalue weighted by Gasteiger charge is 2.19. The number of hydrogen-bond donors (Lipinski definition) is 0. The lowest BCUT2D eigenvalue weighted by Gasteiger charge is -2.26. The predicted octanol–water partition coefficient (Wildman–Crippen LogP) is 3.52. The Balaban J connectivity index is 2.01. The molecule has 2 heteroatoms. The summed E-state index contributed by atoms with van der Waals surface area (Å²) in [6, 6.07) is 7.92. The van der Waals surface area contributed by atoms with Crippen LogP contribution in [0, 0.1) is 5.92 Å². The van der Waals surface area contributed by atoms with E-state index >= 15 is 0 Å². The number of ether oxygens (including phenoxy) is 1. The summed E-state index contributed by atoms with van der Waals surface area (Å²) in [5, 5.41) is 0. The number of benzene rings is 1. The monoisotopic (exact) mass is 218 g/mol. The molecule has 2 rings (SSSR count). The van der Waals surface area contributed by atoms with Crippen LogP contribution in [0.1, 0.15) is 44.1 Å². The fraction of sp³-hybridized carbons (Fsp3) is 0.500. The van der Waals surface area contributed by atoms with Gasteiger partial charge in [-0.15, -0.1) is 0 Å². The van der Waals surface area contributed by atoms with Gasteiger partial charge in [0.1, 0.15) is 5.75 Å². The lowest BCUT2D eigenvalue weighted by molar-refractivity contribution is -0.120. The smallest absolute Gasteiger partial charge is 0.298 e. The van der Waals surface area contributed by atoms with Gasteiger partial charge >= 0.3 is 0 Å². The van der Waals surface area contributed by atoms with Crippen LogP contribution >= 0.6 is 0 Å². The quantitative estimate of drug-likeness (QED) is 0.726. The molecule has 16 heavy (non-hydrogen) atoms. The Hall–Kier alpha value is -1.31. The van der Waals surface area contributed by atoms with Crippen molar-refractivity contribution in [3.8, 4) is 5.75 Å². The van der Waals surface area contributed by atoms with Gasteiger partial charge in [-0.2, -0.15) is 0 Å². The molecule has 86 valence electrons. The minimum atomic E-state index is 0.470. The standard InChI is InChI=1S/C14H18O2/c1-11-2-4-12(5-3-11)13-6-8-14(9-7-13)16-10-15/h6-12H,2-5H2,1H3. The molecule has 1 fully saturated rings. The average Bonchev–Trinajstić information content (AvgIpc) is 2.32. The summed E-state index contributed by atoms with van der Waals surface area (Å²) in [7, 11) is 0. The molecule has 1 aliphatic carbocycles. The van der Waals surface area contributed by atoms with E-state index < -0.39 is 0 Å². The average molecular weight is 218 g/mol. The van der Waals surface area contributed by atoms with Crippen LogP contribution in [-0.2, 0) is 4.79 Å². The maximum Gasteiger partial charge on any atom is 0.298 e. The summed E-state index contributed by atoms with van der Waals surface area (Å²) in [6.45, 7) is 2.80. The summed E-state index contributed by atoms with van der Waals surface area (Å²) in [5.74, 6) is 2.21. The summed E-state index contributed by atoms with van der Waals surface area (Å²) in [4.78, 5) is 10.2. The molecule has 1 aromatic carbocycles. The van der Waals surface area contributed by atoms with Crippen LogP contribution in [0.2, 0.25) is 0 Å². The first-order valence-electron chi connectivity index (χ1n) is 6.00. The minimum Gasteiger partial charge on any atom is -0.429 e. The first-order chi connectivity index (χ1) is 7.79. The fourth-order valence-corrected chi connectivity index (χ4v) is 2.47. The molecule has 2 nitrogen and oxygen atoms in total. The molecule has 0 atom stereocenters. The molecule has 1 saturated carbocycles. The maximum atomic E-state index is 10.2. The third-order valence-corrected chi connectivity index (χ3v) is 3.55. The second-order valence-electron chi connectivity index (χ2n) is 4.74. The van der Waals surface area contributed by atoms with Gasteiger partial charge in [0.2, 0.25) is 0 Å². The van der Waals surface area contributed by atoms with Crippen LogP contribution in [0.3, 0.4) is 0 Å². The van der Waals surface area contributed by atoms with Crippen molar-refractivity contribution in [2.75, 3.05) is 0 Å². The van der Waals surface area contributed by atoms with Crippen LogP contribution in [0.25, 0.3) is 0 Å². The van der Waals surface area contributed by atoms with Gasteiger partial charge in [-0.1, -0.05) is 31.9 Å². The molecular weight excluding hydrogens is 200 g/mol. The zero-order valence-corrected chi connectivity index (χ0v) is 9.69. The first kappa shape index (κ1) is 11.2. The number of carbonyl (C=O) groups excluding carboxylic acids is 1. The van der Waals surface area contributed by atoms with Crippen molar-refractivity contribution in [2.45, 2.75) is 38.5 Å². The molecule has 0 unspecified atom stereocenters. The first-order valence-corrected chi connectivity index (χ1v) is 6.00. The van der Waals surface area contributed by atoms with E-state index in [0.29, 0.717) is 18.1 Å². The molecule has 1 aromatic rings. The van der Waals surface area contributed by atoms with Crippen molar-refractivity contribution in [1.29, 1.82) is 0 Å². The topological polar surface area (TPSA) is 26.3 Å². The zero-order valence-electron chi connectivity index (χ0n) is 9.69. The molecule has 0 radical (unpaired) electrons. The molecule has 0 bridgehead atoms. The Morgan fingerprint density at radius 3 is 2.31 bits per heavy atom. The van der Waals surface area contributed by atoms with Crippen LogP contribution in [0.5, 0.6) is 5.75 Å². The van der Waals surface area contributed by atoms with E-state index in [0.717, 1.165) is 5.92 Å². The fourth-order valence-electron chi connectivity index (χ4n) is 2.47. The maximum absolute atomic E-state index is 10.2. The number of carbonyl (C=O) groups is 1. The van der Waals surface area contributed by atoms with E-state index in [-0.39, 0.29) is 0 Å². The third-order valence-electron chi connectivity index (χ3n) is 3.55. The van der Waals surface area contributed by atoms with E-state index in [1.807, 2.05) is 12.1 Å². The van der Waals surface area contributed by atoms with Crippen LogP contribution in [0.4, 0.5) is 0 Å². The van der Waals surface area contributed by atoms with Crippen LogP contribution < -0.4 is 4.74 Å². The lowest BCUT2D eigenvalue weighted by atomic mass is 9.79. The minimum absolute atomic E-state index is 0.470. The lowest BCUT2D eigenvalue weighted by Crippen LogP contribution is -2.10. The highest BCUT2D eigenvalue weighted by molar-refractivity contribution is 5.45. The molecule has 0 heterocycles. The largest absolute Gasteiger partial charge is 0.429 e. The molecule has 0 aliphatic heterocycles. The molecule has 0 N–H and O–H groups in total. The zero-order chi connectivity index (χ0) is 11.4. The molecule has 0 spiro atoms. The van der Waals surface area contributed by atoms with Gasteiger partial charge in [0.25, 0.3) is 6.47 Å². The normalized spacial score (nSPS) is 25.1. The number of rotatable bonds is 3. The van der Waals surface area contributed by atoms with E-state index in [1.54, 1.807) is 0 Å². The molecule has 1 aliphatic rings. The summed E-state index contributed by atoms with van der Waals surface area (Å²) in [6.07, 6.45) is 5.23. The van der Waals surface area contributed by atoms with Gasteiger partial charge in [0.15, 0.2) is 0 Å². The van der Waals surface area contributed by atoms with E-state index in [9.17, 15) is 4.79 Å². The van der Waals surface area contributed by atoms with Gasteiger partial charge in [-0.25, -0.2) is 0 Å². The van der Waals surface area contributed by atoms with Crippen molar-refractivity contribution in [3.05, 3.63) is 29.8 Å². The summed E-state index contributed by atoms with van der Waals surface area (Å²) < 4.78 is 4.78. The Kier molecular flexibility index (Phi) is 3.60. The van der Waals surface area contributed by atoms with Crippen molar-refractivity contribution in [3.63, 3.8) is 0 Å². The van der Waals surface area contributed by atoms with E-state index in [2.05, 4.69) is 19.1 Å². The Bertz CT molecular complexity index is 334. The molecular formula is C14H18O2. The molecule has 0 amide bonds. The van der Waals surface area contributed by atoms with Gasteiger partial charge < -0.3 is 4.74 Å². The second-order valence-corrected chi connectivity index (χ2v) is 4.74. The highest BCUT2D eigenvalue weighted by atomic mass is 16.5. The van der Waals surface area contributed by atoms with Gasteiger partial charge in [-0.3, -0.25) is 4.79 Å². The van der Waals surface area contributed by atoms with Crippen molar-refractivity contribution in [1.82, 2.24) is 0 Å². The Morgan fingerprint density at radius 1 is 1.12 bits per heavy atom. The third kappa shape index (κ3) is 2.63. The van der Waals surface area contributed by atoms with Crippen molar-refractivity contribution < 1.29 is 9.53 Å². The van der Waals surface area contributed by atoms with Crippen LogP contribution in [-0.4, -0.2) is 6.47 Å². The second kappa shape index (κ2) is 5.15. The SMILES string of the molecule is CC1CCC(c2ccc(OC=O)cc2)CC1. The molecule has 0 saturated heterocycles. The summed E-state index contributed by atoms with van der Waals surface area (Å²) in [5.41, 5.74) is 1.38. The summed E-state index contributed by atoms with van der Waals surface area (Å²) >= 11 is 0.